The van der Waals surface area contributed by atoms with Crippen molar-refractivity contribution in [3.8, 4) is 0 Å². The molecular weight excluding hydrogens is 268 g/mol. The summed E-state index contributed by atoms with van der Waals surface area (Å²) in [6.45, 7) is 3.10. The number of nitrogens with one attached hydrogen (secondary N) is 1. The number of ether oxygens (including phenoxy) is 1. The van der Waals surface area contributed by atoms with Crippen LogP contribution in [-0.2, 0) is 9.53 Å². The number of carbonyl (C=O) groups is 1. The van der Waals surface area contributed by atoms with Gasteiger partial charge in [-0.15, -0.1) is 0 Å². The molecule has 0 atom stereocenters. The highest BCUT2D eigenvalue weighted by Gasteiger charge is 2.23. The second-order valence-corrected chi connectivity index (χ2v) is 3.89. The van der Waals surface area contributed by atoms with E-state index in [1.807, 2.05) is 0 Å². The van der Waals surface area contributed by atoms with Crippen molar-refractivity contribution in [2.24, 2.45) is 0 Å². The Labute approximate surface area is 112 Å². The highest BCUT2D eigenvalue weighted by molar-refractivity contribution is 5.66. The minimum Gasteiger partial charge on any atom is -0.464 e. The van der Waals surface area contributed by atoms with Crippen LogP contribution in [0.4, 0.5) is 11.5 Å². The van der Waals surface area contributed by atoms with E-state index in [9.17, 15) is 14.9 Å². The molecule has 0 saturated carbocycles. The van der Waals surface area contributed by atoms with Crippen molar-refractivity contribution in [3.63, 3.8) is 0 Å². The Balaban J connectivity index is 2.33. The Kier molecular flexibility index (Phi) is 3.73. The molecular formula is C10H12N6O4. The molecule has 2 heterocycles. The largest absolute Gasteiger partial charge is 0.464 e. The lowest BCUT2D eigenvalue weighted by atomic mass is 10.3. The molecule has 106 valence electrons. The van der Waals surface area contributed by atoms with Gasteiger partial charge < -0.3 is 10.1 Å². The van der Waals surface area contributed by atoms with Crippen molar-refractivity contribution in [1.29, 1.82) is 0 Å². The van der Waals surface area contributed by atoms with E-state index in [-0.39, 0.29) is 36.1 Å². The standard InChI is InChI=1S/C10H12N6O4/c1-6-8(16(18)19)9(11-3-4-20-7(2)17)15-10(14-6)12-5-13-15/h5,11H,3-4H2,1-2H3. The fourth-order valence-corrected chi connectivity index (χ4v) is 1.69. The van der Waals surface area contributed by atoms with Gasteiger partial charge in [-0.1, -0.05) is 0 Å². The fraction of sp³-hybridized carbons (Fsp3) is 0.400. The van der Waals surface area contributed by atoms with Gasteiger partial charge in [-0.25, -0.2) is 4.98 Å². The number of esters is 1. The first-order valence-corrected chi connectivity index (χ1v) is 5.72. The molecule has 20 heavy (non-hydrogen) atoms. The molecule has 0 bridgehead atoms. The summed E-state index contributed by atoms with van der Waals surface area (Å²) in [6.07, 6.45) is 1.25. The number of aromatic nitrogens is 4. The first kappa shape index (κ1) is 13.6. The van der Waals surface area contributed by atoms with Gasteiger partial charge in [0.25, 0.3) is 5.78 Å². The molecule has 0 aliphatic rings. The predicted octanol–water partition coefficient (Wildman–Crippen LogP) is 0.316. The molecule has 2 aromatic heterocycles. The summed E-state index contributed by atoms with van der Waals surface area (Å²) in [5, 5.41) is 17.8. The summed E-state index contributed by atoms with van der Waals surface area (Å²) in [4.78, 5) is 29.1. The molecule has 0 fully saturated rings. The summed E-state index contributed by atoms with van der Waals surface area (Å²) in [6, 6.07) is 0. The molecule has 10 heteroatoms. The van der Waals surface area contributed by atoms with E-state index in [4.69, 9.17) is 4.74 Å². The maximum Gasteiger partial charge on any atom is 0.332 e. The smallest absolute Gasteiger partial charge is 0.332 e. The van der Waals surface area contributed by atoms with Crippen molar-refractivity contribution in [1.82, 2.24) is 19.6 Å². The first-order chi connectivity index (χ1) is 9.50. The molecule has 0 spiro atoms. The molecule has 0 unspecified atom stereocenters. The molecule has 0 aromatic carbocycles. The van der Waals surface area contributed by atoms with E-state index in [2.05, 4.69) is 20.4 Å². The number of nitro groups is 1. The Hall–Kier alpha value is -2.78. The monoisotopic (exact) mass is 280 g/mol. The molecule has 0 aliphatic carbocycles. The van der Waals surface area contributed by atoms with Crippen LogP contribution in [0.15, 0.2) is 6.33 Å². The molecule has 1 N–H and O–H groups in total. The topological polar surface area (TPSA) is 125 Å². The van der Waals surface area contributed by atoms with Crippen LogP contribution >= 0.6 is 0 Å². The minimum absolute atomic E-state index is 0.0873. The van der Waals surface area contributed by atoms with Crippen LogP contribution in [0.25, 0.3) is 5.78 Å². The molecule has 0 aliphatic heterocycles. The Bertz CT molecular complexity index is 667. The summed E-state index contributed by atoms with van der Waals surface area (Å²) >= 11 is 0. The highest BCUT2D eigenvalue weighted by atomic mass is 16.6. The summed E-state index contributed by atoms with van der Waals surface area (Å²) in [7, 11) is 0. The lowest BCUT2D eigenvalue weighted by molar-refractivity contribution is -0.385. The van der Waals surface area contributed by atoms with Gasteiger partial charge in [0.2, 0.25) is 5.82 Å². The van der Waals surface area contributed by atoms with Crippen molar-refractivity contribution in [2.45, 2.75) is 13.8 Å². The van der Waals surface area contributed by atoms with Gasteiger partial charge in [-0.2, -0.15) is 14.6 Å². The molecule has 0 saturated heterocycles. The van der Waals surface area contributed by atoms with Crippen molar-refractivity contribution < 1.29 is 14.5 Å². The van der Waals surface area contributed by atoms with Crippen molar-refractivity contribution in [2.75, 3.05) is 18.5 Å². The van der Waals surface area contributed by atoms with E-state index in [1.54, 1.807) is 0 Å². The number of hydrogen-bond acceptors (Lipinski definition) is 8. The fourth-order valence-electron chi connectivity index (χ4n) is 1.69. The third kappa shape index (κ3) is 2.63. The number of anilines is 1. The Morgan fingerprint density at radius 3 is 3.00 bits per heavy atom. The summed E-state index contributed by atoms with van der Waals surface area (Å²) in [5.41, 5.74) is 0.0383. The third-order valence-electron chi connectivity index (χ3n) is 2.46. The van der Waals surface area contributed by atoms with Gasteiger partial charge in [-0.3, -0.25) is 14.9 Å². The van der Waals surface area contributed by atoms with Crippen LogP contribution < -0.4 is 5.32 Å². The number of aryl methyl sites for hydroxylation is 1. The van der Waals surface area contributed by atoms with Gasteiger partial charge in [0.05, 0.1) is 11.5 Å². The van der Waals surface area contributed by atoms with Crippen LogP contribution in [0.5, 0.6) is 0 Å². The molecule has 2 rings (SSSR count). The summed E-state index contributed by atoms with van der Waals surface area (Å²) < 4.78 is 5.99. The van der Waals surface area contributed by atoms with Gasteiger partial charge in [0, 0.05) is 6.92 Å². The average molecular weight is 280 g/mol. The van der Waals surface area contributed by atoms with E-state index >= 15 is 0 Å². The average Bonchev–Trinajstić information content (AvgIpc) is 2.80. The SMILES string of the molecule is CC(=O)OCCNc1c([N+](=O)[O-])c(C)nc2ncnn12. The lowest BCUT2D eigenvalue weighted by Crippen LogP contribution is -2.16. The molecule has 0 amide bonds. The maximum atomic E-state index is 11.1. The number of fused-ring (bicyclic) bond motifs is 1. The minimum atomic E-state index is -0.544. The predicted molar refractivity (Wildman–Crippen MR) is 67.3 cm³/mol. The van der Waals surface area contributed by atoms with Crippen molar-refractivity contribution >= 4 is 23.3 Å². The second kappa shape index (κ2) is 5.47. The number of carbonyl (C=O) groups excluding carboxylic acids is 1. The van der Waals surface area contributed by atoms with Gasteiger partial charge >= 0.3 is 11.7 Å². The van der Waals surface area contributed by atoms with E-state index in [1.165, 1.54) is 24.7 Å². The summed E-state index contributed by atoms with van der Waals surface area (Å²) in [5.74, 6) is -0.0108. The van der Waals surface area contributed by atoms with Gasteiger partial charge in [-0.05, 0) is 6.92 Å². The highest BCUT2D eigenvalue weighted by Crippen LogP contribution is 2.26. The van der Waals surface area contributed by atoms with Gasteiger partial charge in [0.1, 0.15) is 18.6 Å². The zero-order valence-corrected chi connectivity index (χ0v) is 10.9. The second-order valence-electron chi connectivity index (χ2n) is 3.89. The van der Waals surface area contributed by atoms with E-state index in [0.717, 1.165) is 0 Å². The normalized spacial score (nSPS) is 10.5. The van der Waals surface area contributed by atoms with Crippen LogP contribution in [0.1, 0.15) is 12.6 Å². The van der Waals surface area contributed by atoms with Crippen LogP contribution in [0.3, 0.4) is 0 Å². The molecule has 0 radical (unpaired) electrons. The Morgan fingerprint density at radius 1 is 1.60 bits per heavy atom. The zero-order chi connectivity index (χ0) is 14.7. The quantitative estimate of drug-likeness (QED) is 0.359. The Morgan fingerprint density at radius 2 is 2.35 bits per heavy atom. The van der Waals surface area contributed by atoms with Crippen LogP contribution in [0, 0.1) is 17.0 Å². The number of hydrogen-bond donors (Lipinski definition) is 1. The van der Waals surface area contributed by atoms with E-state index in [0.29, 0.717) is 0 Å². The van der Waals surface area contributed by atoms with Crippen LogP contribution in [0.2, 0.25) is 0 Å². The van der Waals surface area contributed by atoms with Gasteiger partial charge in [0.15, 0.2) is 0 Å². The molecule has 2 aromatic rings. The number of rotatable bonds is 5. The zero-order valence-electron chi connectivity index (χ0n) is 10.9. The third-order valence-corrected chi connectivity index (χ3v) is 2.46. The van der Waals surface area contributed by atoms with Crippen molar-refractivity contribution in [3.05, 3.63) is 22.1 Å². The van der Waals surface area contributed by atoms with E-state index < -0.39 is 10.9 Å². The van der Waals surface area contributed by atoms with Crippen LogP contribution in [-0.4, -0.2) is 43.6 Å². The lowest BCUT2D eigenvalue weighted by Gasteiger charge is -2.09. The number of nitrogens with zero attached hydrogens (tertiary/aromatic N) is 5. The molecule has 10 nitrogen and oxygen atoms in total. The first-order valence-electron chi connectivity index (χ1n) is 5.72. The maximum absolute atomic E-state index is 11.1.